The van der Waals surface area contributed by atoms with Gasteiger partial charge in [-0.1, -0.05) is 0 Å². The van der Waals surface area contributed by atoms with Crippen LogP contribution in [-0.2, 0) is 23.1 Å². The Morgan fingerprint density at radius 2 is 2.12 bits per heavy atom. The van der Waals surface area contributed by atoms with Crippen molar-refractivity contribution in [2.45, 2.75) is 56.8 Å². The summed E-state index contributed by atoms with van der Waals surface area (Å²) in [7, 11) is 1.95. The van der Waals surface area contributed by atoms with Crippen molar-refractivity contribution in [3.8, 4) is 0 Å². The molecule has 4 rings (SSSR count). The molecule has 1 atom stereocenters. The summed E-state index contributed by atoms with van der Waals surface area (Å²) in [5.41, 5.74) is 1.20. The Balaban J connectivity index is 1.25. The number of hydrogen-bond donors (Lipinski definition) is 1. The fourth-order valence-corrected chi connectivity index (χ4v) is 3.98. The van der Waals surface area contributed by atoms with Crippen molar-refractivity contribution in [3.63, 3.8) is 0 Å². The number of piperidine rings is 1. The zero-order valence-corrected chi connectivity index (χ0v) is 14.5. The van der Waals surface area contributed by atoms with Crippen molar-refractivity contribution in [3.05, 3.63) is 18.0 Å². The third-order valence-corrected chi connectivity index (χ3v) is 5.74. The summed E-state index contributed by atoms with van der Waals surface area (Å²) < 4.78 is 8.10. The van der Waals surface area contributed by atoms with Crippen LogP contribution in [0.2, 0.25) is 0 Å². The Kier molecular flexibility index (Phi) is 4.35. The largest absolute Gasteiger partial charge is 0.362 e. The van der Waals surface area contributed by atoms with Crippen LogP contribution in [0.5, 0.6) is 0 Å². The molecule has 24 heavy (non-hydrogen) atoms. The number of nitrogens with zero attached hydrogens (tertiary/aromatic N) is 3. The molecule has 0 aromatic carbocycles. The second kappa shape index (κ2) is 6.48. The zero-order valence-electron chi connectivity index (χ0n) is 14.5. The standard InChI is InChI=1S/C18H28N4O2/c1-21-12-15(11-20-21)13-22-8-6-18(7-9-22)5-4-16(24-18)17(23)19-10-14-2-3-14/h11-12,14,16H,2-10,13H2,1H3,(H,19,23)/t16-/m0/s1. The lowest BCUT2D eigenvalue weighted by atomic mass is 9.88. The van der Waals surface area contributed by atoms with Crippen molar-refractivity contribution in [1.82, 2.24) is 20.0 Å². The molecule has 2 saturated heterocycles. The molecule has 2 aliphatic heterocycles. The SMILES string of the molecule is Cn1cc(CN2CCC3(CC[C@@H](C(=O)NCC4CC4)O3)CC2)cn1. The monoisotopic (exact) mass is 332 g/mol. The van der Waals surface area contributed by atoms with Crippen LogP contribution in [0.15, 0.2) is 12.4 Å². The Labute approximate surface area is 143 Å². The predicted octanol–water partition coefficient (Wildman–Crippen LogP) is 1.46. The number of aromatic nitrogens is 2. The number of rotatable bonds is 5. The second-order valence-corrected chi connectivity index (χ2v) is 7.82. The summed E-state index contributed by atoms with van der Waals surface area (Å²) in [6.45, 7) is 3.86. The van der Waals surface area contributed by atoms with Gasteiger partial charge in [0.05, 0.1) is 11.8 Å². The van der Waals surface area contributed by atoms with Crippen LogP contribution in [0.4, 0.5) is 0 Å². The van der Waals surface area contributed by atoms with Crippen LogP contribution in [0.3, 0.4) is 0 Å². The van der Waals surface area contributed by atoms with Gasteiger partial charge in [0.15, 0.2) is 0 Å². The van der Waals surface area contributed by atoms with Crippen LogP contribution in [-0.4, -0.2) is 51.9 Å². The topological polar surface area (TPSA) is 59.4 Å². The molecule has 1 amide bonds. The minimum Gasteiger partial charge on any atom is -0.362 e. The Hall–Kier alpha value is -1.40. The molecular weight excluding hydrogens is 304 g/mol. The maximum atomic E-state index is 12.3. The number of carbonyl (C=O) groups is 1. The molecule has 1 spiro atoms. The lowest BCUT2D eigenvalue weighted by molar-refractivity contribution is -0.140. The van der Waals surface area contributed by atoms with Crippen LogP contribution in [0, 0.1) is 5.92 Å². The maximum absolute atomic E-state index is 12.3. The predicted molar refractivity (Wildman–Crippen MR) is 90.3 cm³/mol. The maximum Gasteiger partial charge on any atom is 0.249 e. The van der Waals surface area contributed by atoms with E-state index in [1.807, 2.05) is 17.9 Å². The first-order chi connectivity index (χ1) is 11.6. The summed E-state index contributed by atoms with van der Waals surface area (Å²) in [6.07, 6.45) is 10.3. The minimum absolute atomic E-state index is 0.0625. The van der Waals surface area contributed by atoms with Gasteiger partial charge in [-0.15, -0.1) is 0 Å². The molecule has 1 saturated carbocycles. The number of amides is 1. The highest BCUT2D eigenvalue weighted by Gasteiger charge is 2.44. The smallest absolute Gasteiger partial charge is 0.249 e. The summed E-state index contributed by atoms with van der Waals surface area (Å²) in [4.78, 5) is 14.7. The number of nitrogens with one attached hydrogen (secondary N) is 1. The van der Waals surface area contributed by atoms with Gasteiger partial charge in [-0.3, -0.25) is 14.4 Å². The van der Waals surface area contributed by atoms with Gasteiger partial charge in [-0.2, -0.15) is 5.10 Å². The molecule has 1 aromatic rings. The van der Waals surface area contributed by atoms with Crippen LogP contribution in [0.1, 0.15) is 44.1 Å². The van der Waals surface area contributed by atoms with Crippen molar-refractivity contribution >= 4 is 5.91 Å². The first-order valence-electron chi connectivity index (χ1n) is 9.27. The summed E-state index contributed by atoms with van der Waals surface area (Å²) in [5.74, 6) is 0.830. The molecule has 1 aliphatic carbocycles. The number of likely N-dealkylation sites (tertiary alicyclic amines) is 1. The van der Waals surface area contributed by atoms with Gasteiger partial charge in [-0.25, -0.2) is 0 Å². The molecule has 0 radical (unpaired) electrons. The van der Waals surface area contributed by atoms with Crippen LogP contribution < -0.4 is 5.32 Å². The molecule has 1 N–H and O–H groups in total. The fourth-order valence-electron chi connectivity index (χ4n) is 3.98. The van der Waals surface area contributed by atoms with Gasteiger partial charge in [-0.05, 0) is 44.4 Å². The summed E-state index contributed by atoms with van der Waals surface area (Å²) in [6, 6.07) is 0. The van der Waals surface area contributed by atoms with Crippen LogP contribution >= 0.6 is 0 Å². The van der Waals surface area contributed by atoms with Crippen molar-refractivity contribution in [1.29, 1.82) is 0 Å². The quantitative estimate of drug-likeness (QED) is 0.887. The summed E-state index contributed by atoms with van der Waals surface area (Å²) >= 11 is 0. The van der Waals surface area contributed by atoms with Gasteiger partial charge in [0.2, 0.25) is 5.91 Å². The number of ether oxygens (including phenoxy) is 1. The van der Waals surface area contributed by atoms with Crippen molar-refractivity contribution in [2.24, 2.45) is 13.0 Å². The van der Waals surface area contributed by atoms with Gasteiger partial charge in [0.1, 0.15) is 6.10 Å². The first-order valence-corrected chi connectivity index (χ1v) is 9.27. The van der Waals surface area contributed by atoms with E-state index in [1.165, 1.54) is 18.4 Å². The van der Waals surface area contributed by atoms with Gasteiger partial charge in [0.25, 0.3) is 0 Å². The Morgan fingerprint density at radius 3 is 2.79 bits per heavy atom. The van der Waals surface area contributed by atoms with Gasteiger partial charge in [0, 0.05) is 45.0 Å². The fraction of sp³-hybridized carbons (Fsp3) is 0.778. The lowest BCUT2D eigenvalue weighted by Gasteiger charge is -2.38. The molecular formula is C18H28N4O2. The zero-order chi connectivity index (χ0) is 16.6. The van der Waals surface area contributed by atoms with E-state index >= 15 is 0 Å². The van der Waals surface area contributed by atoms with E-state index in [4.69, 9.17) is 4.74 Å². The minimum atomic E-state index is -0.228. The third-order valence-electron chi connectivity index (χ3n) is 5.74. The van der Waals surface area contributed by atoms with Gasteiger partial charge < -0.3 is 10.1 Å². The Bertz CT molecular complexity index is 588. The number of hydrogen-bond acceptors (Lipinski definition) is 4. The highest BCUT2D eigenvalue weighted by molar-refractivity contribution is 5.81. The van der Waals surface area contributed by atoms with E-state index in [0.717, 1.165) is 57.8 Å². The number of aryl methyl sites for hydroxylation is 1. The van der Waals surface area contributed by atoms with Crippen molar-refractivity contribution < 1.29 is 9.53 Å². The third kappa shape index (κ3) is 3.64. The Morgan fingerprint density at radius 1 is 1.33 bits per heavy atom. The van der Waals surface area contributed by atoms with Crippen molar-refractivity contribution in [2.75, 3.05) is 19.6 Å². The average molecular weight is 332 g/mol. The molecule has 1 aromatic heterocycles. The molecule has 3 heterocycles. The molecule has 132 valence electrons. The van der Waals surface area contributed by atoms with E-state index in [-0.39, 0.29) is 17.6 Å². The number of carbonyl (C=O) groups excluding carboxylic acids is 1. The molecule has 3 aliphatic rings. The second-order valence-electron chi connectivity index (χ2n) is 7.82. The average Bonchev–Trinajstić information content (AvgIpc) is 3.19. The highest BCUT2D eigenvalue weighted by Crippen LogP contribution is 2.39. The molecule has 0 unspecified atom stereocenters. The summed E-state index contributed by atoms with van der Waals surface area (Å²) in [5, 5.41) is 7.31. The highest BCUT2D eigenvalue weighted by atomic mass is 16.5. The van der Waals surface area contributed by atoms with E-state index in [2.05, 4.69) is 21.5 Å². The van der Waals surface area contributed by atoms with E-state index in [1.54, 1.807) is 0 Å². The molecule has 6 heteroatoms. The van der Waals surface area contributed by atoms with Gasteiger partial charge >= 0.3 is 0 Å². The lowest BCUT2D eigenvalue weighted by Crippen LogP contribution is -2.45. The van der Waals surface area contributed by atoms with E-state index in [0.29, 0.717) is 0 Å². The first kappa shape index (κ1) is 16.1. The normalized spacial score (nSPS) is 26.8. The van der Waals surface area contributed by atoms with E-state index in [9.17, 15) is 4.79 Å². The molecule has 3 fully saturated rings. The molecule has 0 bridgehead atoms. The van der Waals surface area contributed by atoms with E-state index < -0.39 is 0 Å². The molecule has 6 nitrogen and oxygen atoms in total. The van der Waals surface area contributed by atoms with Crippen LogP contribution in [0.25, 0.3) is 0 Å².